The predicted molar refractivity (Wildman–Crippen MR) is 178 cm³/mol. The van der Waals surface area contributed by atoms with Gasteiger partial charge in [-0.3, -0.25) is 29.0 Å². The molecule has 4 bridgehead atoms. The Morgan fingerprint density at radius 2 is 1.68 bits per heavy atom. The molecule has 11 nitrogen and oxygen atoms in total. The van der Waals surface area contributed by atoms with Crippen LogP contribution in [0.2, 0.25) is 0 Å². The zero-order valence-corrected chi connectivity index (χ0v) is 28.8. The lowest BCUT2D eigenvalue weighted by molar-refractivity contribution is -0.145. The molecule has 258 valence electrons. The molecule has 6 aliphatic rings. The summed E-state index contributed by atoms with van der Waals surface area (Å²) in [6, 6.07) is 7.55. The Bertz CT molecular complexity index is 1330. The van der Waals surface area contributed by atoms with Gasteiger partial charge < -0.3 is 24.8 Å². The molecule has 2 atom stereocenters. The lowest BCUT2D eigenvalue weighted by atomic mass is 9.82. The monoisotopic (exact) mass is 650 g/mol. The number of carbonyl (C=O) groups excluding carboxylic acids is 4. The van der Waals surface area contributed by atoms with Crippen LogP contribution < -0.4 is 10.1 Å². The summed E-state index contributed by atoms with van der Waals surface area (Å²) < 4.78 is 5.46. The number of ether oxygens (including phenoxy) is 1. The highest BCUT2D eigenvalue weighted by molar-refractivity contribution is 5.86. The largest absolute Gasteiger partial charge is 0.497 e. The fourth-order valence-electron chi connectivity index (χ4n) is 8.45. The van der Waals surface area contributed by atoms with Crippen molar-refractivity contribution in [2.45, 2.75) is 102 Å². The third-order valence-electron chi connectivity index (χ3n) is 11.1. The second kappa shape index (κ2) is 13.7. The summed E-state index contributed by atoms with van der Waals surface area (Å²) in [5.41, 5.74) is 0.241. The van der Waals surface area contributed by atoms with Crippen LogP contribution >= 0.6 is 0 Å². The molecular weight excluding hydrogens is 596 g/mol. The van der Waals surface area contributed by atoms with E-state index in [1.54, 1.807) is 7.11 Å². The minimum absolute atomic E-state index is 0.0131. The number of nitrogens with zero attached hydrogens (tertiary/aromatic N) is 5. The van der Waals surface area contributed by atoms with E-state index in [0.29, 0.717) is 71.6 Å². The third-order valence-corrected chi connectivity index (χ3v) is 11.1. The van der Waals surface area contributed by atoms with Gasteiger partial charge in [-0.2, -0.15) is 0 Å². The van der Waals surface area contributed by atoms with Gasteiger partial charge in [-0.05, 0) is 68.2 Å². The molecule has 47 heavy (non-hydrogen) atoms. The molecule has 6 saturated heterocycles. The Kier molecular flexibility index (Phi) is 9.86. The van der Waals surface area contributed by atoms with Gasteiger partial charge in [-0.25, -0.2) is 0 Å². The van der Waals surface area contributed by atoms with Crippen LogP contribution in [0.5, 0.6) is 5.75 Å². The topological polar surface area (TPSA) is 106 Å². The van der Waals surface area contributed by atoms with Gasteiger partial charge in [0, 0.05) is 64.8 Å². The molecule has 0 aliphatic carbocycles. The molecule has 0 radical (unpaired) electrons. The van der Waals surface area contributed by atoms with Crippen molar-refractivity contribution in [2.24, 2.45) is 5.41 Å². The van der Waals surface area contributed by atoms with Gasteiger partial charge in [0.15, 0.2) is 0 Å². The Hall–Kier alpha value is -3.18. The first kappa shape index (κ1) is 33.7. The number of rotatable bonds is 4. The fourth-order valence-corrected chi connectivity index (χ4v) is 8.45. The maximum atomic E-state index is 14.3. The SMILES string of the molecule is COc1cccc(CN2CCN3C[C@@H]2C(=O)N2CCC(CC2)N2CCCC2C(=O)NC2(CCN(C(=O)CC(C)(C)C)CC2)CC3=O)c1. The van der Waals surface area contributed by atoms with Crippen LogP contribution in [-0.2, 0) is 25.7 Å². The third kappa shape index (κ3) is 7.61. The standard InChI is InChI=1S/C36H54N6O5/c1-35(2,3)22-31(43)38-17-12-36(13-18-38)23-32(44)41-20-19-40(24-26-7-5-8-28(21-26)47-4)30(25-41)34(46)39-15-10-27(11-16-39)42-14-6-9-29(42)33(45)37-36/h5,7-8,21,27,29-30H,6,9-20,22-25H2,1-4H3,(H,37,45)/t29?,30-/m1/s1. The molecule has 0 aromatic heterocycles. The van der Waals surface area contributed by atoms with E-state index < -0.39 is 11.6 Å². The van der Waals surface area contributed by atoms with E-state index in [4.69, 9.17) is 4.74 Å². The highest BCUT2D eigenvalue weighted by Gasteiger charge is 2.46. The fraction of sp³-hybridized carbons (Fsp3) is 0.722. The molecule has 7 rings (SSSR count). The van der Waals surface area contributed by atoms with Crippen molar-refractivity contribution in [1.29, 1.82) is 0 Å². The first-order chi connectivity index (χ1) is 22.4. The van der Waals surface area contributed by atoms with Gasteiger partial charge in [0.2, 0.25) is 23.6 Å². The average molecular weight is 651 g/mol. The number of piperazine rings is 1. The lowest BCUT2D eigenvalue weighted by Crippen LogP contribution is -2.63. The van der Waals surface area contributed by atoms with E-state index in [0.717, 1.165) is 43.5 Å². The second-order valence-corrected chi connectivity index (χ2v) is 15.7. The number of nitrogens with one attached hydrogen (secondary N) is 1. The van der Waals surface area contributed by atoms with Crippen molar-refractivity contribution >= 4 is 23.6 Å². The Morgan fingerprint density at radius 3 is 2.38 bits per heavy atom. The number of amides is 4. The molecule has 11 heteroatoms. The van der Waals surface area contributed by atoms with Crippen LogP contribution in [0.4, 0.5) is 0 Å². The quantitative estimate of drug-likeness (QED) is 0.534. The minimum Gasteiger partial charge on any atom is -0.497 e. The smallest absolute Gasteiger partial charge is 0.241 e. The molecular formula is C36H54N6O5. The minimum atomic E-state index is -0.722. The normalized spacial score (nSPS) is 26.6. The van der Waals surface area contributed by atoms with Crippen molar-refractivity contribution in [2.75, 3.05) is 59.5 Å². The van der Waals surface area contributed by atoms with Crippen molar-refractivity contribution in [3.63, 3.8) is 0 Å². The van der Waals surface area contributed by atoms with E-state index in [9.17, 15) is 19.2 Å². The average Bonchev–Trinajstić information content (AvgIpc) is 3.54. The number of carbonyl (C=O) groups is 4. The second-order valence-electron chi connectivity index (χ2n) is 15.7. The van der Waals surface area contributed by atoms with Gasteiger partial charge in [-0.15, -0.1) is 0 Å². The van der Waals surface area contributed by atoms with Crippen LogP contribution in [-0.4, -0.2) is 131 Å². The molecule has 1 spiro atoms. The molecule has 4 amide bonds. The summed E-state index contributed by atoms with van der Waals surface area (Å²) in [6.07, 6.45) is 5.19. The number of hydrogen-bond acceptors (Lipinski definition) is 7. The van der Waals surface area contributed by atoms with E-state index in [1.165, 1.54) is 0 Å². The summed E-state index contributed by atoms with van der Waals surface area (Å²) in [5.74, 6) is 0.982. The molecule has 0 saturated carbocycles. The lowest BCUT2D eigenvalue weighted by Gasteiger charge is -2.46. The summed E-state index contributed by atoms with van der Waals surface area (Å²) in [4.78, 5) is 66.0. The molecule has 1 N–H and O–H groups in total. The van der Waals surface area contributed by atoms with Crippen molar-refractivity contribution < 1.29 is 23.9 Å². The first-order valence-electron chi connectivity index (χ1n) is 17.7. The Labute approximate surface area is 279 Å². The number of methoxy groups -OCH3 is 1. The number of fused-ring (bicyclic) bond motifs is 4. The van der Waals surface area contributed by atoms with Gasteiger partial charge >= 0.3 is 0 Å². The molecule has 1 unspecified atom stereocenters. The zero-order valence-electron chi connectivity index (χ0n) is 28.8. The number of likely N-dealkylation sites (tertiary alicyclic amines) is 1. The van der Waals surface area contributed by atoms with Crippen molar-refractivity contribution in [3.8, 4) is 5.75 Å². The highest BCUT2D eigenvalue weighted by Crippen LogP contribution is 2.33. The predicted octanol–water partition coefficient (Wildman–Crippen LogP) is 2.48. The summed E-state index contributed by atoms with van der Waals surface area (Å²) in [7, 11) is 1.66. The van der Waals surface area contributed by atoms with Crippen LogP contribution in [0, 0.1) is 5.41 Å². The summed E-state index contributed by atoms with van der Waals surface area (Å²) >= 11 is 0. The Balaban J connectivity index is 1.26. The maximum absolute atomic E-state index is 14.3. The van der Waals surface area contributed by atoms with Crippen LogP contribution in [0.25, 0.3) is 0 Å². The van der Waals surface area contributed by atoms with Gasteiger partial charge in [0.05, 0.1) is 25.1 Å². The van der Waals surface area contributed by atoms with Crippen LogP contribution in [0.15, 0.2) is 24.3 Å². The van der Waals surface area contributed by atoms with Crippen LogP contribution in [0.1, 0.15) is 77.7 Å². The van der Waals surface area contributed by atoms with Crippen LogP contribution in [0.3, 0.4) is 0 Å². The van der Waals surface area contributed by atoms with Crippen molar-refractivity contribution in [1.82, 2.24) is 29.8 Å². The number of benzene rings is 1. The van der Waals surface area contributed by atoms with Gasteiger partial charge in [0.25, 0.3) is 0 Å². The number of piperidine rings is 2. The summed E-state index contributed by atoms with van der Waals surface area (Å²) in [6.45, 7) is 11.5. The molecule has 1 aromatic rings. The van der Waals surface area contributed by atoms with Crippen molar-refractivity contribution in [3.05, 3.63) is 29.8 Å². The number of hydrogen-bond donors (Lipinski definition) is 1. The molecule has 6 fully saturated rings. The van der Waals surface area contributed by atoms with E-state index in [-0.39, 0.29) is 47.5 Å². The zero-order chi connectivity index (χ0) is 33.3. The van der Waals surface area contributed by atoms with Gasteiger partial charge in [0.1, 0.15) is 11.8 Å². The van der Waals surface area contributed by atoms with E-state index >= 15 is 0 Å². The first-order valence-corrected chi connectivity index (χ1v) is 17.7. The van der Waals surface area contributed by atoms with E-state index in [2.05, 4.69) is 42.0 Å². The highest BCUT2D eigenvalue weighted by atomic mass is 16.5. The molecule has 1 aromatic carbocycles. The molecule has 6 heterocycles. The maximum Gasteiger partial charge on any atom is 0.241 e. The Morgan fingerprint density at radius 1 is 0.936 bits per heavy atom. The van der Waals surface area contributed by atoms with Gasteiger partial charge in [-0.1, -0.05) is 32.9 Å². The van der Waals surface area contributed by atoms with E-state index in [1.807, 2.05) is 32.9 Å². The summed E-state index contributed by atoms with van der Waals surface area (Å²) in [5, 5.41) is 3.44. The molecule has 6 aliphatic heterocycles.